The van der Waals surface area contributed by atoms with E-state index in [0.29, 0.717) is 23.2 Å². The SMILES string of the molecule is CC(C)CN(C(=O)c1ccncc1N)C1CCCC1. The van der Waals surface area contributed by atoms with Gasteiger partial charge in [-0.05, 0) is 24.8 Å². The fourth-order valence-corrected chi connectivity index (χ4v) is 2.76. The van der Waals surface area contributed by atoms with Crippen molar-refractivity contribution in [2.75, 3.05) is 12.3 Å². The maximum Gasteiger partial charge on any atom is 0.256 e. The van der Waals surface area contributed by atoms with Crippen LogP contribution in [0.5, 0.6) is 0 Å². The first kappa shape index (κ1) is 13.8. The number of amides is 1. The molecule has 0 bridgehead atoms. The summed E-state index contributed by atoms with van der Waals surface area (Å²) in [6.07, 6.45) is 7.85. The van der Waals surface area contributed by atoms with Gasteiger partial charge in [-0.1, -0.05) is 26.7 Å². The summed E-state index contributed by atoms with van der Waals surface area (Å²) in [7, 11) is 0. The van der Waals surface area contributed by atoms with Gasteiger partial charge in [0.1, 0.15) is 0 Å². The number of hydrogen-bond acceptors (Lipinski definition) is 3. The van der Waals surface area contributed by atoms with E-state index in [0.717, 1.165) is 19.4 Å². The summed E-state index contributed by atoms with van der Waals surface area (Å²) in [5, 5.41) is 0. The quantitative estimate of drug-likeness (QED) is 0.906. The highest BCUT2D eigenvalue weighted by molar-refractivity contribution is 5.99. The number of aromatic nitrogens is 1. The normalized spacial score (nSPS) is 15.9. The molecule has 1 aliphatic carbocycles. The number of pyridine rings is 1. The Morgan fingerprint density at radius 2 is 2.16 bits per heavy atom. The summed E-state index contributed by atoms with van der Waals surface area (Å²) < 4.78 is 0. The van der Waals surface area contributed by atoms with E-state index in [2.05, 4.69) is 18.8 Å². The van der Waals surface area contributed by atoms with Gasteiger partial charge in [0.25, 0.3) is 5.91 Å². The van der Waals surface area contributed by atoms with Crippen molar-refractivity contribution in [3.8, 4) is 0 Å². The third kappa shape index (κ3) is 3.25. The molecule has 0 aliphatic heterocycles. The smallest absolute Gasteiger partial charge is 0.256 e. The van der Waals surface area contributed by atoms with Gasteiger partial charge in [-0.3, -0.25) is 9.78 Å². The molecule has 1 aromatic heterocycles. The van der Waals surface area contributed by atoms with Crippen molar-refractivity contribution < 1.29 is 4.79 Å². The highest BCUT2D eigenvalue weighted by Crippen LogP contribution is 2.26. The zero-order valence-corrected chi connectivity index (χ0v) is 11.8. The molecule has 4 nitrogen and oxygen atoms in total. The van der Waals surface area contributed by atoms with Crippen molar-refractivity contribution in [3.05, 3.63) is 24.0 Å². The Morgan fingerprint density at radius 1 is 1.47 bits per heavy atom. The van der Waals surface area contributed by atoms with Crippen molar-refractivity contribution in [2.45, 2.75) is 45.6 Å². The van der Waals surface area contributed by atoms with Gasteiger partial charge < -0.3 is 10.6 Å². The van der Waals surface area contributed by atoms with Gasteiger partial charge in [0.05, 0.1) is 17.4 Å². The molecule has 0 spiro atoms. The van der Waals surface area contributed by atoms with E-state index in [1.165, 1.54) is 12.8 Å². The van der Waals surface area contributed by atoms with Crippen molar-refractivity contribution in [1.29, 1.82) is 0 Å². The maximum absolute atomic E-state index is 12.7. The van der Waals surface area contributed by atoms with Crippen LogP contribution >= 0.6 is 0 Å². The Balaban J connectivity index is 2.22. The van der Waals surface area contributed by atoms with Crippen LogP contribution in [0.4, 0.5) is 5.69 Å². The van der Waals surface area contributed by atoms with E-state index in [9.17, 15) is 4.79 Å². The standard InChI is InChI=1S/C15H23N3O/c1-11(2)10-18(12-5-3-4-6-12)15(19)13-7-8-17-9-14(13)16/h7-9,11-12H,3-6,10,16H2,1-2H3. The Labute approximate surface area is 115 Å². The highest BCUT2D eigenvalue weighted by atomic mass is 16.2. The summed E-state index contributed by atoms with van der Waals surface area (Å²) in [5.74, 6) is 0.521. The number of rotatable bonds is 4. The topological polar surface area (TPSA) is 59.2 Å². The van der Waals surface area contributed by atoms with Crippen molar-refractivity contribution in [1.82, 2.24) is 9.88 Å². The zero-order valence-electron chi connectivity index (χ0n) is 11.8. The Bertz CT molecular complexity index is 439. The summed E-state index contributed by atoms with van der Waals surface area (Å²) in [4.78, 5) is 18.7. The average molecular weight is 261 g/mol. The molecule has 1 aromatic rings. The molecule has 1 amide bonds. The number of nitrogens with zero attached hydrogens (tertiary/aromatic N) is 2. The van der Waals surface area contributed by atoms with Crippen LogP contribution in [0.15, 0.2) is 18.5 Å². The molecule has 104 valence electrons. The number of carbonyl (C=O) groups is 1. The highest BCUT2D eigenvalue weighted by Gasteiger charge is 2.28. The molecule has 4 heteroatoms. The predicted octanol–water partition coefficient (Wildman–Crippen LogP) is 2.70. The van der Waals surface area contributed by atoms with Crippen molar-refractivity contribution in [3.63, 3.8) is 0 Å². The molecule has 0 aromatic carbocycles. The summed E-state index contributed by atoms with van der Waals surface area (Å²) in [6.45, 7) is 5.08. The van der Waals surface area contributed by atoms with Gasteiger partial charge >= 0.3 is 0 Å². The van der Waals surface area contributed by atoms with Crippen LogP contribution in [0.3, 0.4) is 0 Å². The van der Waals surface area contributed by atoms with Crippen molar-refractivity contribution >= 4 is 11.6 Å². The molecule has 2 N–H and O–H groups in total. The Morgan fingerprint density at radius 3 is 2.74 bits per heavy atom. The van der Waals surface area contributed by atoms with Gasteiger partial charge in [0.15, 0.2) is 0 Å². The summed E-state index contributed by atoms with van der Waals surface area (Å²) in [5.41, 5.74) is 6.94. The number of nitrogen functional groups attached to an aromatic ring is 1. The number of carbonyl (C=O) groups excluding carboxylic acids is 1. The fraction of sp³-hybridized carbons (Fsp3) is 0.600. The van der Waals surface area contributed by atoms with Gasteiger partial charge in [0, 0.05) is 18.8 Å². The lowest BCUT2D eigenvalue weighted by atomic mass is 10.1. The monoisotopic (exact) mass is 261 g/mol. The Hall–Kier alpha value is -1.58. The van der Waals surface area contributed by atoms with Crippen LogP contribution < -0.4 is 5.73 Å². The second kappa shape index (κ2) is 6.04. The Kier molecular flexibility index (Phi) is 4.40. The van der Waals surface area contributed by atoms with Crippen molar-refractivity contribution in [2.24, 2.45) is 5.92 Å². The molecule has 19 heavy (non-hydrogen) atoms. The number of anilines is 1. The van der Waals surface area contributed by atoms with Gasteiger partial charge in [0.2, 0.25) is 0 Å². The molecule has 0 saturated heterocycles. The minimum Gasteiger partial charge on any atom is -0.397 e. The third-order valence-corrected chi connectivity index (χ3v) is 3.67. The molecule has 0 unspecified atom stereocenters. The minimum absolute atomic E-state index is 0.0560. The lowest BCUT2D eigenvalue weighted by molar-refractivity contribution is 0.0656. The third-order valence-electron chi connectivity index (χ3n) is 3.67. The molecule has 2 rings (SSSR count). The predicted molar refractivity (Wildman–Crippen MR) is 76.8 cm³/mol. The molecule has 0 atom stereocenters. The first-order chi connectivity index (χ1) is 9.09. The number of nitrogens with two attached hydrogens (primary N) is 1. The summed E-state index contributed by atoms with van der Waals surface area (Å²) >= 11 is 0. The average Bonchev–Trinajstić information content (AvgIpc) is 2.89. The van der Waals surface area contributed by atoms with Crippen LogP contribution in [0.2, 0.25) is 0 Å². The van der Waals surface area contributed by atoms with Crippen LogP contribution in [0, 0.1) is 5.92 Å². The van der Waals surface area contributed by atoms with E-state index in [4.69, 9.17) is 5.73 Å². The summed E-state index contributed by atoms with van der Waals surface area (Å²) in [6, 6.07) is 2.10. The lowest BCUT2D eigenvalue weighted by Gasteiger charge is -2.31. The first-order valence-corrected chi connectivity index (χ1v) is 7.10. The van der Waals surface area contributed by atoms with Crippen LogP contribution in [-0.4, -0.2) is 28.4 Å². The van der Waals surface area contributed by atoms with E-state index in [1.54, 1.807) is 18.5 Å². The van der Waals surface area contributed by atoms with Crippen LogP contribution in [0.25, 0.3) is 0 Å². The fourth-order valence-electron chi connectivity index (χ4n) is 2.76. The molecule has 1 saturated carbocycles. The van der Waals surface area contributed by atoms with Gasteiger partial charge in [-0.15, -0.1) is 0 Å². The van der Waals surface area contributed by atoms with E-state index >= 15 is 0 Å². The second-order valence-electron chi connectivity index (χ2n) is 5.75. The van der Waals surface area contributed by atoms with E-state index in [-0.39, 0.29) is 5.91 Å². The molecule has 1 heterocycles. The van der Waals surface area contributed by atoms with E-state index < -0.39 is 0 Å². The second-order valence-corrected chi connectivity index (χ2v) is 5.75. The number of hydrogen-bond donors (Lipinski definition) is 1. The lowest BCUT2D eigenvalue weighted by Crippen LogP contribution is -2.41. The molecule has 0 radical (unpaired) electrons. The first-order valence-electron chi connectivity index (χ1n) is 7.10. The maximum atomic E-state index is 12.7. The zero-order chi connectivity index (χ0) is 13.8. The molecule has 1 aliphatic rings. The van der Waals surface area contributed by atoms with Gasteiger partial charge in [-0.25, -0.2) is 0 Å². The van der Waals surface area contributed by atoms with Gasteiger partial charge in [-0.2, -0.15) is 0 Å². The molecule has 1 fully saturated rings. The minimum atomic E-state index is 0.0560. The van der Waals surface area contributed by atoms with E-state index in [1.807, 2.05) is 4.90 Å². The largest absolute Gasteiger partial charge is 0.397 e. The van der Waals surface area contributed by atoms with Crippen LogP contribution in [0.1, 0.15) is 49.9 Å². The molecular weight excluding hydrogens is 238 g/mol. The molecular formula is C15H23N3O. The van der Waals surface area contributed by atoms with Crippen LogP contribution in [-0.2, 0) is 0 Å².